The SMILES string of the molecule is CC(N)C(=O)NC(CO)C(=O)NC(CCCCN)C(=O)NC(CCCN=C(N)N)C(=O)O. The van der Waals surface area contributed by atoms with E-state index in [1.54, 1.807) is 0 Å². The molecule has 0 aliphatic heterocycles. The lowest BCUT2D eigenvalue weighted by molar-refractivity contribution is -0.142. The lowest BCUT2D eigenvalue weighted by Crippen LogP contribution is -2.57. The Kier molecular flexibility index (Phi) is 14.3. The van der Waals surface area contributed by atoms with Crippen molar-refractivity contribution in [3.63, 3.8) is 0 Å². The summed E-state index contributed by atoms with van der Waals surface area (Å²) in [5.41, 5.74) is 21.3. The Hall–Kier alpha value is -2.97. The van der Waals surface area contributed by atoms with Gasteiger partial charge in [0.15, 0.2) is 5.96 Å². The Morgan fingerprint density at radius 2 is 1.41 bits per heavy atom. The number of carbonyl (C=O) groups is 4. The molecular formula is C18H36N8O6. The number of amides is 3. The first-order chi connectivity index (χ1) is 15.0. The van der Waals surface area contributed by atoms with E-state index in [1.165, 1.54) is 6.92 Å². The van der Waals surface area contributed by atoms with E-state index in [-0.39, 0.29) is 25.3 Å². The van der Waals surface area contributed by atoms with E-state index in [2.05, 4.69) is 20.9 Å². The molecule has 0 aliphatic rings. The number of rotatable bonds is 16. The number of hydrogen-bond acceptors (Lipinski definition) is 8. The highest BCUT2D eigenvalue weighted by molar-refractivity contribution is 5.94. The van der Waals surface area contributed by atoms with Crippen molar-refractivity contribution in [3.05, 3.63) is 0 Å². The van der Waals surface area contributed by atoms with E-state index >= 15 is 0 Å². The van der Waals surface area contributed by atoms with Gasteiger partial charge in [0.25, 0.3) is 0 Å². The average Bonchev–Trinajstić information content (AvgIpc) is 2.72. The van der Waals surface area contributed by atoms with E-state index in [4.69, 9.17) is 22.9 Å². The number of nitrogens with two attached hydrogens (primary N) is 4. The highest BCUT2D eigenvalue weighted by Crippen LogP contribution is 2.05. The zero-order chi connectivity index (χ0) is 24.7. The normalized spacial score (nSPS) is 14.4. The Bertz CT molecular complexity index is 653. The van der Waals surface area contributed by atoms with E-state index in [1.807, 2.05) is 0 Å². The molecule has 4 atom stereocenters. The number of carbonyl (C=O) groups excluding carboxylic acids is 3. The molecule has 0 bridgehead atoms. The van der Waals surface area contributed by atoms with Crippen LogP contribution in [0, 0.1) is 0 Å². The number of hydrogen-bond donors (Lipinski definition) is 9. The quantitative estimate of drug-likeness (QED) is 0.0612. The van der Waals surface area contributed by atoms with E-state index in [0.29, 0.717) is 25.8 Å². The molecule has 32 heavy (non-hydrogen) atoms. The van der Waals surface area contributed by atoms with Crippen LogP contribution in [-0.2, 0) is 19.2 Å². The second-order valence-corrected chi connectivity index (χ2v) is 7.23. The number of nitrogens with zero attached hydrogens (tertiary/aromatic N) is 1. The monoisotopic (exact) mass is 460 g/mol. The number of aliphatic imine (C=N–C) groups is 1. The first-order valence-corrected chi connectivity index (χ1v) is 10.3. The van der Waals surface area contributed by atoms with Crippen LogP contribution < -0.4 is 38.9 Å². The summed E-state index contributed by atoms with van der Waals surface area (Å²) in [4.78, 5) is 52.2. The number of aliphatic hydroxyl groups excluding tert-OH is 1. The standard InChI is InChI=1S/C18H36N8O6/c1-10(20)14(28)26-13(9-27)16(30)24-11(5-2-3-7-19)15(29)25-12(17(31)32)6-4-8-23-18(21)22/h10-13,27H,2-9,19-20H2,1H3,(H,24,30)(H,25,29)(H,26,28)(H,31,32)(H4,21,22,23). The molecule has 4 unspecified atom stereocenters. The molecule has 0 aliphatic carbocycles. The highest BCUT2D eigenvalue weighted by Gasteiger charge is 2.29. The maximum atomic E-state index is 12.7. The van der Waals surface area contributed by atoms with Crippen LogP contribution in [0.3, 0.4) is 0 Å². The van der Waals surface area contributed by atoms with Crippen LogP contribution in [0.4, 0.5) is 0 Å². The highest BCUT2D eigenvalue weighted by atomic mass is 16.4. The van der Waals surface area contributed by atoms with Crippen LogP contribution >= 0.6 is 0 Å². The third-order valence-electron chi connectivity index (χ3n) is 4.37. The summed E-state index contributed by atoms with van der Waals surface area (Å²) in [6, 6.07) is -4.56. The van der Waals surface area contributed by atoms with Crippen molar-refractivity contribution in [1.82, 2.24) is 16.0 Å². The molecule has 14 nitrogen and oxygen atoms in total. The molecule has 3 amide bonds. The second kappa shape index (κ2) is 15.8. The van der Waals surface area contributed by atoms with Gasteiger partial charge in [0.2, 0.25) is 17.7 Å². The molecule has 184 valence electrons. The topological polar surface area (TPSA) is 261 Å². The predicted molar refractivity (Wildman–Crippen MR) is 117 cm³/mol. The minimum atomic E-state index is -1.33. The van der Waals surface area contributed by atoms with Crippen molar-refractivity contribution >= 4 is 29.7 Å². The minimum Gasteiger partial charge on any atom is -0.480 e. The Balaban J connectivity index is 5.20. The molecule has 0 aromatic heterocycles. The molecule has 0 saturated carbocycles. The smallest absolute Gasteiger partial charge is 0.326 e. The van der Waals surface area contributed by atoms with Gasteiger partial charge < -0.3 is 49.1 Å². The van der Waals surface area contributed by atoms with Gasteiger partial charge in [-0.15, -0.1) is 0 Å². The van der Waals surface area contributed by atoms with Crippen molar-refractivity contribution in [2.75, 3.05) is 19.7 Å². The zero-order valence-corrected chi connectivity index (χ0v) is 18.3. The van der Waals surface area contributed by atoms with Crippen LogP contribution in [0.15, 0.2) is 4.99 Å². The zero-order valence-electron chi connectivity index (χ0n) is 18.3. The number of carboxylic acid groups (broad SMARTS) is 1. The third kappa shape index (κ3) is 12.0. The lowest BCUT2D eigenvalue weighted by atomic mass is 10.1. The molecule has 0 fully saturated rings. The van der Waals surface area contributed by atoms with Gasteiger partial charge in [0.05, 0.1) is 12.6 Å². The van der Waals surface area contributed by atoms with Crippen LogP contribution in [0.1, 0.15) is 39.0 Å². The summed E-state index contributed by atoms with van der Waals surface area (Å²) in [5, 5.41) is 25.9. The molecule has 0 radical (unpaired) electrons. The number of guanidine groups is 1. The fraction of sp³-hybridized carbons (Fsp3) is 0.722. The number of unbranched alkanes of at least 4 members (excludes halogenated alkanes) is 1. The summed E-state index contributed by atoms with van der Waals surface area (Å²) in [6.07, 6.45) is 1.59. The summed E-state index contributed by atoms with van der Waals surface area (Å²) in [7, 11) is 0. The first kappa shape index (κ1) is 29.0. The van der Waals surface area contributed by atoms with Gasteiger partial charge in [0, 0.05) is 6.54 Å². The number of aliphatic hydroxyl groups is 1. The minimum absolute atomic E-state index is 0.0605. The Morgan fingerprint density at radius 1 is 0.875 bits per heavy atom. The van der Waals surface area contributed by atoms with Crippen LogP contribution in [0.2, 0.25) is 0 Å². The fourth-order valence-electron chi connectivity index (χ4n) is 2.56. The molecular weight excluding hydrogens is 424 g/mol. The van der Waals surface area contributed by atoms with Gasteiger partial charge in [-0.25, -0.2) is 4.79 Å². The Labute approximate surface area is 186 Å². The van der Waals surface area contributed by atoms with Crippen molar-refractivity contribution in [2.45, 2.75) is 63.2 Å². The van der Waals surface area contributed by atoms with Gasteiger partial charge in [-0.1, -0.05) is 0 Å². The van der Waals surface area contributed by atoms with Gasteiger partial charge in [0.1, 0.15) is 18.1 Å². The van der Waals surface area contributed by atoms with Gasteiger partial charge in [-0.2, -0.15) is 0 Å². The first-order valence-electron chi connectivity index (χ1n) is 10.3. The lowest BCUT2D eigenvalue weighted by Gasteiger charge is -2.24. The molecule has 13 N–H and O–H groups in total. The van der Waals surface area contributed by atoms with Crippen molar-refractivity contribution in [3.8, 4) is 0 Å². The number of aliphatic carboxylic acids is 1. The average molecular weight is 461 g/mol. The molecule has 14 heteroatoms. The van der Waals surface area contributed by atoms with Crippen molar-refractivity contribution in [2.24, 2.45) is 27.9 Å². The molecule has 0 rings (SSSR count). The van der Waals surface area contributed by atoms with Crippen LogP contribution in [0.5, 0.6) is 0 Å². The number of nitrogens with one attached hydrogen (secondary N) is 3. The van der Waals surface area contributed by atoms with Crippen molar-refractivity contribution < 1.29 is 29.4 Å². The summed E-state index contributed by atoms with van der Waals surface area (Å²) in [5.74, 6) is -3.57. The molecule has 0 aromatic carbocycles. The predicted octanol–water partition coefficient (Wildman–Crippen LogP) is -3.95. The second-order valence-electron chi connectivity index (χ2n) is 7.23. The maximum Gasteiger partial charge on any atom is 0.326 e. The summed E-state index contributed by atoms with van der Waals surface area (Å²) >= 11 is 0. The van der Waals surface area contributed by atoms with Crippen molar-refractivity contribution in [1.29, 1.82) is 0 Å². The molecule has 0 spiro atoms. The molecule has 0 saturated heterocycles. The number of carboxylic acids is 1. The van der Waals surface area contributed by atoms with E-state index in [0.717, 1.165) is 0 Å². The van der Waals surface area contributed by atoms with Gasteiger partial charge in [-0.3, -0.25) is 19.4 Å². The van der Waals surface area contributed by atoms with Gasteiger partial charge >= 0.3 is 5.97 Å². The summed E-state index contributed by atoms with van der Waals surface area (Å²) < 4.78 is 0. The van der Waals surface area contributed by atoms with Crippen LogP contribution in [-0.4, -0.2) is 83.7 Å². The Morgan fingerprint density at radius 3 is 1.91 bits per heavy atom. The van der Waals surface area contributed by atoms with E-state index < -0.39 is 54.5 Å². The summed E-state index contributed by atoms with van der Waals surface area (Å²) in [6.45, 7) is 1.25. The van der Waals surface area contributed by atoms with Gasteiger partial charge in [-0.05, 0) is 45.6 Å². The van der Waals surface area contributed by atoms with Crippen LogP contribution in [0.25, 0.3) is 0 Å². The molecule has 0 heterocycles. The molecule has 0 aromatic rings. The fourth-order valence-corrected chi connectivity index (χ4v) is 2.56. The van der Waals surface area contributed by atoms with E-state index in [9.17, 15) is 29.4 Å². The largest absolute Gasteiger partial charge is 0.480 e. The maximum absolute atomic E-state index is 12.7. The third-order valence-corrected chi connectivity index (χ3v) is 4.37.